The maximum atomic E-state index is 6.17. The highest BCUT2D eigenvalue weighted by Gasteiger charge is 2.28. The summed E-state index contributed by atoms with van der Waals surface area (Å²) < 4.78 is 0. The van der Waals surface area contributed by atoms with Crippen LogP contribution in [0.2, 0.25) is 5.15 Å². The van der Waals surface area contributed by atoms with E-state index in [1.807, 2.05) is 6.92 Å². The molecule has 0 aromatic carbocycles. The lowest BCUT2D eigenvalue weighted by atomic mass is 10.3. The smallest absolute Gasteiger partial charge is 0.137 e. The first kappa shape index (κ1) is 11.6. The standard InChI is InChI=1S/C12H18ClN3/c1-4-16(5-2)12-8(3)10(13)14-11(15-12)9-6-7-9/h9H,4-7H2,1-3H3. The Morgan fingerprint density at radius 3 is 2.38 bits per heavy atom. The van der Waals surface area contributed by atoms with Gasteiger partial charge in [-0.15, -0.1) is 0 Å². The third-order valence-electron chi connectivity index (χ3n) is 3.08. The Balaban J connectivity index is 2.41. The van der Waals surface area contributed by atoms with E-state index in [9.17, 15) is 0 Å². The molecular formula is C12H18ClN3. The molecule has 1 heterocycles. The zero-order valence-corrected chi connectivity index (χ0v) is 10.9. The second kappa shape index (κ2) is 4.58. The molecule has 1 aliphatic rings. The normalized spacial score (nSPS) is 15.2. The van der Waals surface area contributed by atoms with Crippen LogP contribution in [-0.4, -0.2) is 23.1 Å². The third-order valence-corrected chi connectivity index (χ3v) is 3.45. The zero-order chi connectivity index (χ0) is 11.7. The highest BCUT2D eigenvalue weighted by atomic mass is 35.5. The summed E-state index contributed by atoms with van der Waals surface area (Å²) >= 11 is 6.17. The summed E-state index contributed by atoms with van der Waals surface area (Å²) in [6.07, 6.45) is 2.41. The molecule has 88 valence electrons. The van der Waals surface area contributed by atoms with Gasteiger partial charge in [-0.3, -0.25) is 0 Å². The number of anilines is 1. The first-order valence-corrected chi connectivity index (χ1v) is 6.34. The molecule has 3 nitrogen and oxygen atoms in total. The van der Waals surface area contributed by atoms with Gasteiger partial charge in [0.1, 0.15) is 16.8 Å². The SMILES string of the molecule is CCN(CC)c1nc(C2CC2)nc(Cl)c1C. The maximum absolute atomic E-state index is 6.17. The van der Waals surface area contributed by atoms with Gasteiger partial charge in [-0.05, 0) is 33.6 Å². The predicted octanol–water partition coefficient (Wildman–Crippen LogP) is 3.16. The Kier molecular flexibility index (Phi) is 3.33. The van der Waals surface area contributed by atoms with E-state index in [-0.39, 0.29) is 0 Å². The minimum Gasteiger partial charge on any atom is -0.357 e. The minimum absolute atomic E-state index is 0.549. The lowest BCUT2D eigenvalue weighted by molar-refractivity contribution is 0.812. The van der Waals surface area contributed by atoms with Gasteiger partial charge in [0.2, 0.25) is 0 Å². The van der Waals surface area contributed by atoms with Crippen molar-refractivity contribution in [2.75, 3.05) is 18.0 Å². The summed E-state index contributed by atoms with van der Waals surface area (Å²) in [7, 11) is 0. The van der Waals surface area contributed by atoms with Crippen molar-refractivity contribution in [1.29, 1.82) is 0 Å². The molecule has 0 bridgehead atoms. The maximum Gasteiger partial charge on any atom is 0.137 e. The molecule has 0 unspecified atom stereocenters. The molecule has 0 N–H and O–H groups in total. The van der Waals surface area contributed by atoms with Crippen molar-refractivity contribution < 1.29 is 0 Å². The van der Waals surface area contributed by atoms with Crippen LogP contribution >= 0.6 is 11.6 Å². The van der Waals surface area contributed by atoms with Gasteiger partial charge in [0.25, 0.3) is 0 Å². The summed E-state index contributed by atoms with van der Waals surface area (Å²) in [5.74, 6) is 2.48. The molecule has 1 aliphatic carbocycles. The molecule has 4 heteroatoms. The number of halogens is 1. The van der Waals surface area contributed by atoms with Crippen molar-refractivity contribution in [3.05, 3.63) is 16.5 Å². The Hall–Kier alpha value is -0.830. The van der Waals surface area contributed by atoms with Crippen molar-refractivity contribution in [2.24, 2.45) is 0 Å². The minimum atomic E-state index is 0.549. The van der Waals surface area contributed by atoms with Crippen LogP contribution in [0.3, 0.4) is 0 Å². The van der Waals surface area contributed by atoms with E-state index in [1.165, 1.54) is 12.8 Å². The highest BCUT2D eigenvalue weighted by molar-refractivity contribution is 6.30. The summed E-state index contributed by atoms with van der Waals surface area (Å²) in [6.45, 7) is 8.17. The predicted molar refractivity (Wildman–Crippen MR) is 67.3 cm³/mol. The van der Waals surface area contributed by atoms with Gasteiger partial charge in [-0.25, -0.2) is 9.97 Å². The molecule has 0 aliphatic heterocycles. The fraction of sp³-hybridized carbons (Fsp3) is 0.667. The summed E-state index contributed by atoms with van der Waals surface area (Å²) in [5, 5.41) is 0.610. The van der Waals surface area contributed by atoms with Crippen molar-refractivity contribution in [3.63, 3.8) is 0 Å². The largest absolute Gasteiger partial charge is 0.357 e. The molecule has 0 saturated heterocycles. The topological polar surface area (TPSA) is 29.0 Å². The first-order valence-electron chi connectivity index (χ1n) is 5.96. The van der Waals surface area contributed by atoms with E-state index in [1.54, 1.807) is 0 Å². The number of aromatic nitrogens is 2. The van der Waals surface area contributed by atoms with Crippen molar-refractivity contribution >= 4 is 17.4 Å². The average Bonchev–Trinajstić information content (AvgIpc) is 3.09. The highest BCUT2D eigenvalue weighted by Crippen LogP contribution is 2.39. The Labute approximate surface area is 102 Å². The molecule has 1 saturated carbocycles. The van der Waals surface area contributed by atoms with Gasteiger partial charge >= 0.3 is 0 Å². The van der Waals surface area contributed by atoms with Crippen LogP contribution in [-0.2, 0) is 0 Å². The lowest BCUT2D eigenvalue weighted by Crippen LogP contribution is -2.24. The zero-order valence-electron chi connectivity index (χ0n) is 10.1. The van der Waals surface area contributed by atoms with Crippen molar-refractivity contribution in [2.45, 2.75) is 39.5 Å². The molecule has 1 aromatic heterocycles. The van der Waals surface area contributed by atoms with Crippen LogP contribution in [0.25, 0.3) is 0 Å². The van der Waals surface area contributed by atoms with Crippen LogP contribution in [0.4, 0.5) is 5.82 Å². The average molecular weight is 240 g/mol. The van der Waals surface area contributed by atoms with Crippen LogP contribution < -0.4 is 4.90 Å². The quantitative estimate of drug-likeness (QED) is 0.756. The fourth-order valence-electron chi connectivity index (χ4n) is 1.85. The molecule has 1 aromatic rings. The van der Waals surface area contributed by atoms with Gasteiger partial charge in [0, 0.05) is 24.6 Å². The number of hydrogen-bond acceptors (Lipinski definition) is 3. The molecule has 0 spiro atoms. The molecule has 0 radical (unpaired) electrons. The molecule has 2 rings (SSSR count). The van der Waals surface area contributed by atoms with E-state index in [0.717, 1.165) is 30.3 Å². The first-order chi connectivity index (χ1) is 7.67. The van der Waals surface area contributed by atoms with Crippen LogP contribution in [0.5, 0.6) is 0 Å². The Morgan fingerprint density at radius 1 is 1.25 bits per heavy atom. The Bertz CT molecular complexity index is 384. The number of nitrogens with zero attached hydrogens (tertiary/aromatic N) is 3. The second-order valence-electron chi connectivity index (χ2n) is 4.27. The van der Waals surface area contributed by atoms with E-state index < -0.39 is 0 Å². The molecule has 0 amide bonds. The van der Waals surface area contributed by atoms with E-state index in [2.05, 4.69) is 28.7 Å². The van der Waals surface area contributed by atoms with E-state index in [4.69, 9.17) is 11.6 Å². The van der Waals surface area contributed by atoms with Crippen LogP contribution in [0, 0.1) is 6.92 Å². The lowest BCUT2D eigenvalue weighted by Gasteiger charge is -2.22. The van der Waals surface area contributed by atoms with Gasteiger partial charge in [0.15, 0.2) is 0 Å². The molecule has 1 fully saturated rings. The van der Waals surface area contributed by atoms with Crippen LogP contribution in [0.15, 0.2) is 0 Å². The second-order valence-corrected chi connectivity index (χ2v) is 4.63. The number of hydrogen-bond donors (Lipinski definition) is 0. The van der Waals surface area contributed by atoms with E-state index in [0.29, 0.717) is 11.1 Å². The molecule has 16 heavy (non-hydrogen) atoms. The summed E-state index contributed by atoms with van der Waals surface area (Å²) in [4.78, 5) is 11.3. The van der Waals surface area contributed by atoms with E-state index >= 15 is 0 Å². The van der Waals surface area contributed by atoms with Gasteiger partial charge in [0.05, 0.1) is 0 Å². The Morgan fingerprint density at radius 2 is 1.88 bits per heavy atom. The van der Waals surface area contributed by atoms with Crippen molar-refractivity contribution in [3.8, 4) is 0 Å². The van der Waals surface area contributed by atoms with Gasteiger partial charge in [-0.2, -0.15) is 0 Å². The van der Waals surface area contributed by atoms with Gasteiger partial charge < -0.3 is 4.90 Å². The summed E-state index contributed by atoms with van der Waals surface area (Å²) in [6, 6.07) is 0. The monoisotopic (exact) mass is 239 g/mol. The van der Waals surface area contributed by atoms with Crippen molar-refractivity contribution in [1.82, 2.24) is 9.97 Å². The molecular weight excluding hydrogens is 222 g/mol. The number of rotatable bonds is 4. The van der Waals surface area contributed by atoms with Crippen LogP contribution in [0.1, 0.15) is 44.0 Å². The van der Waals surface area contributed by atoms with Gasteiger partial charge in [-0.1, -0.05) is 11.6 Å². The molecule has 0 atom stereocenters. The fourth-order valence-corrected chi connectivity index (χ4v) is 2.02. The summed E-state index contributed by atoms with van der Waals surface area (Å²) in [5.41, 5.74) is 0.995. The third kappa shape index (κ3) is 2.14.